The van der Waals surface area contributed by atoms with E-state index >= 15 is 0 Å². The van der Waals surface area contributed by atoms with E-state index in [-0.39, 0.29) is 5.69 Å². The lowest BCUT2D eigenvalue weighted by Gasteiger charge is -1.94. The molecule has 0 aliphatic carbocycles. The average molecular weight is 207 g/mol. The van der Waals surface area contributed by atoms with Crippen LogP contribution in [0.5, 0.6) is 0 Å². The molecule has 2 heterocycles. The van der Waals surface area contributed by atoms with Crippen molar-refractivity contribution >= 4 is 11.2 Å². The molecule has 82 valence electrons. The number of pyridine rings is 1. The molecule has 0 amide bonds. The highest BCUT2D eigenvalue weighted by Crippen LogP contribution is 2.09. The summed E-state index contributed by atoms with van der Waals surface area (Å²) in [4.78, 5) is 15.7. The number of aryl methyl sites for hydroxylation is 3. The lowest BCUT2D eigenvalue weighted by Crippen LogP contribution is -2.19. The zero-order chi connectivity index (χ0) is 11.6. The third-order valence-electron chi connectivity index (χ3n) is 2.24. The Bertz CT molecular complexity index is 522. The van der Waals surface area contributed by atoms with Gasteiger partial charge in [-0.1, -0.05) is 13.8 Å². The first-order valence-electron chi connectivity index (χ1n) is 5.09. The molecular weight excluding hydrogens is 190 g/mol. The van der Waals surface area contributed by atoms with Crippen molar-refractivity contribution in [2.45, 2.75) is 20.8 Å². The van der Waals surface area contributed by atoms with Crippen molar-refractivity contribution in [1.29, 1.82) is 0 Å². The summed E-state index contributed by atoms with van der Waals surface area (Å²) >= 11 is 0. The molecule has 0 atom stereocenters. The van der Waals surface area contributed by atoms with Gasteiger partial charge in [-0.2, -0.15) is 0 Å². The second kappa shape index (κ2) is 4.29. The summed E-state index contributed by atoms with van der Waals surface area (Å²) in [7, 11) is 3.48. The molecule has 4 nitrogen and oxygen atoms in total. The fourth-order valence-corrected chi connectivity index (χ4v) is 1.47. The monoisotopic (exact) mass is 207 g/mol. The summed E-state index contributed by atoms with van der Waals surface area (Å²) < 4.78 is 3.16. The lowest BCUT2D eigenvalue weighted by molar-refractivity contribution is 0.791. The largest absolute Gasteiger partial charge is 0.329 e. The standard InChI is InChI=1S/C9H11N3O.C2H6/c1-6-4-7-8(10-5-6)12(3)9(13)11(7)2;1-2/h4-5H,1-3H3;1-2H3. The van der Waals surface area contributed by atoms with Gasteiger partial charge in [0, 0.05) is 20.3 Å². The summed E-state index contributed by atoms with van der Waals surface area (Å²) in [6.45, 7) is 5.96. The molecule has 0 aromatic carbocycles. The van der Waals surface area contributed by atoms with Gasteiger partial charge in [0.05, 0.1) is 5.52 Å². The van der Waals surface area contributed by atoms with E-state index in [0.29, 0.717) is 0 Å². The Balaban J connectivity index is 0.000000531. The Hall–Kier alpha value is -1.58. The van der Waals surface area contributed by atoms with Crippen molar-refractivity contribution in [3.8, 4) is 0 Å². The van der Waals surface area contributed by atoms with Crippen LogP contribution in [0.2, 0.25) is 0 Å². The van der Waals surface area contributed by atoms with Gasteiger partial charge >= 0.3 is 5.69 Å². The molecule has 4 heteroatoms. The van der Waals surface area contributed by atoms with Crippen molar-refractivity contribution in [3.05, 3.63) is 28.3 Å². The Morgan fingerprint density at radius 2 is 1.80 bits per heavy atom. The van der Waals surface area contributed by atoms with Crippen LogP contribution in [-0.2, 0) is 14.1 Å². The van der Waals surface area contributed by atoms with Gasteiger partial charge in [-0.15, -0.1) is 0 Å². The molecule has 2 rings (SSSR count). The van der Waals surface area contributed by atoms with Crippen LogP contribution in [0, 0.1) is 6.92 Å². The molecule has 2 aromatic rings. The van der Waals surface area contributed by atoms with E-state index in [1.807, 2.05) is 26.8 Å². The fraction of sp³-hybridized carbons (Fsp3) is 0.455. The highest BCUT2D eigenvalue weighted by atomic mass is 16.1. The third-order valence-corrected chi connectivity index (χ3v) is 2.24. The SMILES string of the molecule is CC.Cc1cnc2c(c1)n(C)c(=O)n2C. The fourth-order valence-electron chi connectivity index (χ4n) is 1.47. The van der Waals surface area contributed by atoms with Crippen molar-refractivity contribution in [1.82, 2.24) is 14.1 Å². The highest BCUT2D eigenvalue weighted by Gasteiger charge is 2.07. The molecule has 0 bridgehead atoms. The summed E-state index contributed by atoms with van der Waals surface area (Å²) in [5, 5.41) is 0. The van der Waals surface area contributed by atoms with E-state index < -0.39 is 0 Å². The van der Waals surface area contributed by atoms with Gasteiger partial charge in [-0.05, 0) is 18.6 Å². The van der Waals surface area contributed by atoms with E-state index in [9.17, 15) is 4.79 Å². The number of nitrogens with zero attached hydrogens (tertiary/aromatic N) is 3. The first-order valence-corrected chi connectivity index (χ1v) is 5.09. The van der Waals surface area contributed by atoms with Gasteiger partial charge in [0.25, 0.3) is 0 Å². The molecule has 15 heavy (non-hydrogen) atoms. The van der Waals surface area contributed by atoms with Gasteiger partial charge < -0.3 is 0 Å². The van der Waals surface area contributed by atoms with Crippen LogP contribution in [0.4, 0.5) is 0 Å². The molecule has 0 saturated carbocycles. The predicted octanol–water partition coefficient (Wildman–Crippen LogP) is 1.61. The number of rotatable bonds is 0. The molecule has 0 fully saturated rings. The minimum Gasteiger partial charge on any atom is -0.293 e. The van der Waals surface area contributed by atoms with Gasteiger partial charge in [0.15, 0.2) is 5.65 Å². The van der Waals surface area contributed by atoms with Crippen molar-refractivity contribution in [2.24, 2.45) is 14.1 Å². The highest BCUT2D eigenvalue weighted by molar-refractivity contribution is 5.71. The number of aromatic nitrogens is 3. The third kappa shape index (κ3) is 1.79. The number of fused-ring (bicyclic) bond motifs is 1. The first-order chi connectivity index (χ1) is 7.11. The van der Waals surface area contributed by atoms with Crippen LogP contribution < -0.4 is 5.69 Å². The minimum atomic E-state index is -0.0342. The maximum atomic E-state index is 11.5. The zero-order valence-electron chi connectivity index (χ0n) is 9.90. The van der Waals surface area contributed by atoms with Gasteiger partial charge in [-0.3, -0.25) is 9.13 Å². The van der Waals surface area contributed by atoms with Crippen LogP contribution >= 0.6 is 0 Å². The molecule has 0 spiro atoms. The van der Waals surface area contributed by atoms with Gasteiger partial charge in [0.2, 0.25) is 0 Å². The topological polar surface area (TPSA) is 39.8 Å². The van der Waals surface area contributed by atoms with Crippen LogP contribution in [-0.4, -0.2) is 14.1 Å². The molecule has 0 N–H and O–H groups in total. The Morgan fingerprint density at radius 1 is 1.20 bits per heavy atom. The van der Waals surface area contributed by atoms with E-state index in [0.717, 1.165) is 16.7 Å². The quantitative estimate of drug-likeness (QED) is 0.658. The normalized spacial score (nSPS) is 9.93. The predicted molar refractivity (Wildman–Crippen MR) is 62.0 cm³/mol. The molecule has 0 saturated heterocycles. The van der Waals surface area contributed by atoms with E-state index in [2.05, 4.69) is 4.98 Å². The molecule has 0 aliphatic heterocycles. The van der Waals surface area contributed by atoms with Crippen LogP contribution in [0.25, 0.3) is 11.2 Å². The van der Waals surface area contributed by atoms with Crippen LogP contribution in [0.1, 0.15) is 19.4 Å². The average Bonchev–Trinajstić information content (AvgIpc) is 2.47. The summed E-state index contributed by atoms with van der Waals surface area (Å²) in [5.41, 5.74) is 2.65. The zero-order valence-corrected chi connectivity index (χ0v) is 9.90. The molecule has 2 aromatic heterocycles. The second-order valence-corrected chi connectivity index (χ2v) is 3.26. The number of hydrogen-bond acceptors (Lipinski definition) is 2. The van der Waals surface area contributed by atoms with Crippen molar-refractivity contribution in [3.63, 3.8) is 0 Å². The van der Waals surface area contributed by atoms with Crippen molar-refractivity contribution in [2.75, 3.05) is 0 Å². The smallest absolute Gasteiger partial charge is 0.293 e. The van der Waals surface area contributed by atoms with E-state index in [1.165, 1.54) is 0 Å². The van der Waals surface area contributed by atoms with Gasteiger partial charge in [0.1, 0.15) is 0 Å². The summed E-state index contributed by atoms with van der Waals surface area (Å²) in [6, 6.07) is 1.96. The Kier molecular flexibility index (Phi) is 3.29. The lowest BCUT2D eigenvalue weighted by atomic mass is 10.3. The first kappa shape index (κ1) is 11.5. The summed E-state index contributed by atoms with van der Waals surface area (Å²) in [5.74, 6) is 0. The van der Waals surface area contributed by atoms with Crippen molar-refractivity contribution < 1.29 is 0 Å². The van der Waals surface area contributed by atoms with E-state index in [4.69, 9.17) is 0 Å². The maximum Gasteiger partial charge on any atom is 0.329 e. The minimum absolute atomic E-state index is 0.0342. The Labute approximate surface area is 89.2 Å². The number of hydrogen-bond donors (Lipinski definition) is 0. The Morgan fingerprint density at radius 3 is 2.40 bits per heavy atom. The summed E-state index contributed by atoms with van der Waals surface area (Å²) in [6.07, 6.45) is 1.77. The maximum absolute atomic E-state index is 11.5. The van der Waals surface area contributed by atoms with Crippen LogP contribution in [0.15, 0.2) is 17.1 Å². The molecule has 0 unspecified atom stereocenters. The number of imidazole rings is 1. The second-order valence-electron chi connectivity index (χ2n) is 3.26. The van der Waals surface area contributed by atoms with E-state index in [1.54, 1.807) is 29.4 Å². The molecule has 0 aliphatic rings. The molecule has 0 radical (unpaired) electrons. The van der Waals surface area contributed by atoms with Gasteiger partial charge in [-0.25, -0.2) is 9.78 Å². The van der Waals surface area contributed by atoms with Crippen LogP contribution in [0.3, 0.4) is 0 Å². The molecular formula is C11H17N3O.